The fraction of sp³-hybridized carbons (Fsp3) is 0.304. The van der Waals surface area contributed by atoms with Gasteiger partial charge in [-0.25, -0.2) is 12.8 Å². The van der Waals surface area contributed by atoms with Crippen LogP contribution >= 0.6 is 11.3 Å². The zero-order valence-corrected chi connectivity index (χ0v) is 19.5. The molecule has 0 atom stereocenters. The van der Waals surface area contributed by atoms with Crippen molar-refractivity contribution in [3.63, 3.8) is 0 Å². The van der Waals surface area contributed by atoms with E-state index in [1.807, 2.05) is 6.92 Å². The van der Waals surface area contributed by atoms with Crippen LogP contribution in [0.2, 0.25) is 0 Å². The summed E-state index contributed by atoms with van der Waals surface area (Å²) >= 11 is 1.16. The third-order valence-corrected chi connectivity index (χ3v) is 7.97. The maximum atomic E-state index is 13.6. The van der Waals surface area contributed by atoms with Gasteiger partial charge >= 0.3 is 0 Å². The molecule has 1 aromatic heterocycles. The number of carbonyl (C=O) groups is 1. The van der Waals surface area contributed by atoms with E-state index in [1.54, 1.807) is 17.6 Å². The molecule has 0 aliphatic rings. The summed E-state index contributed by atoms with van der Waals surface area (Å²) in [6.07, 6.45) is 7.12. The number of fused-ring (bicyclic) bond motifs is 1. The second-order valence-electron chi connectivity index (χ2n) is 7.08. The molecule has 0 spiro atoms. The molecule has 32 heavy (non-hydrogen) atoms. The van der Waals surface area contributed by atoms with Crippen molar-refractivity contribution in [2.75, 3.05) is 13.1 Å². The van der Waals surface area contributed by atoms with Crippen LogP contribution in [0, 0.1) is 18.2 Å². The topological polar surface area (TPSA) is 71.7 Å². The number of carbonyl (C=O) groups excluding carboxylic acids is 1. The highest BCUT2D eigenvalue weighted by Crippen LogP contribution is 2.20. The van der Waals surface area contributed by atoms with Gasteiger partial charge in [-0.05, 0) is 48.9 Å². The van der Waals surface area contributed by atoms with Crippen molar-refractivity contribution >= 4 is 37.5 Å². The van der Waals surface area contributed by atoms with Crippen molar-refractivity contribution in [1.29, 1.82) is 0 Å². The van der Waals surface area contributed by atoms with Gasteiger partial charge in [0.05, 0.1) is 21.7 Å². The molecule has 0 radical (unpaired) electrons. The molecular weight excluding hydrogens is 449 g/mol. The van der Waals surface area contributed by atoms with Crippen LogP contribution < -0.4 is 4.80 Å². The first-order chi connectivity index (χ1) is 15.3. The van der Waals surface area contributed by atoms with Crippen LogP contribution in [0.1, 0.15) is 37.0 Å². The SMILES string of the molecule is C#CCn1c(=NC(=O)c2ccc(S(=O)(=O)N(CC)CCCC)cc2)sc2cc(F)ccc21. The zero-order valence-electron chi connectivity index (χ0n) is 17.9. The Morgan fingerprint density at radius 2 is 1.94 bits per heavy atom. The number of thiazole rings is 1. The molecule has 1 heterocycles. The molecular formula is C23H24FN3O3S2. The minimum absolute atomic E-state index is 0.131. The van der Waals surface area contributed by atoms with E-state index in [0.717, 1.165) is 24.2 Å². The normalized spacial score (nSPS) is 12.4. The third-order valence-electron chi connectivity index (χ3n) is 4.94. The molecule has 168 valence electrons. The average molecular weight is 474 g/mol. The Kier molecular flexibility index (Phi) is 7.61. The van der Waals surface area contributed by atoms with Gasteiger partial charge in [0, 0.05) is 18.7 Å². The number of nitrogens with zero attached hydrogens (tertiary/aromatic N) is 3. The van der Waals surface area contributed by atoms with Crippen LogP contribution in [0.15, 0.2) is 52.4 Å². The third kappa shape index (κ3) is 4.99. The Bertz CT molecular complexity index is 1330. The van der Waals surface area contributed by atoms with Crippen LogP contribution in [0.5, 0.6) is 0 Å². The molecule has 2 aromatic carbocycles. The number of halogens is 1. The van der Waals surface area contributed by atoms with E-state index in [4.69, 9.17) is 6.42 Å². The molecule has 3 rings (SSSR count). The van der Waals surface area contributed by atoms with E-state index in [0.29, 0.717) is 28.1 Å². The van der Waals surface area contributed by atoms with Crippen molar-refractivity contribution in [3.05, 3.63) is 58.6 Å². The fourth-order valence-electron chi connectivity index (χ4n) is 3.23. The molecule has 0 aliphatic carbocycles. The lowest BCUT2D eigenvalue weighted by Gasteiger charge is -2.20. The highest BCUT2D eigenvalue weighted by atomic mass is 32.2. The molecule has 0 saturated heterocycles. The first-order valence-electron chi connectivity index (χ1n) is 10.2. The number of hydrogen-bond acceptors (Lipinski definition) is 4. The molecule has 0 aliphatic heterocycles. The summed E-state index contributed by atoms with van der Waals surface area (Å²) in [7, 11) is -3.63. The van der Waals surface area contributed by atoms with Crippen molar-refractivity contribution in [2.24, 2.45) is 4.99 Å². The van der Waals surface area contributed by atoms with E-state index in [1.165, 1.54) is 40.7 Å². The quantitative estimate of drug-likeness (QED) is 0.464. The number of unbranched alkanes of at least 4 members (excludes halogenated alkanes) is 1. The molecule has 0 bridgehead atoms. The Balaban J connectivity index is 1.94. The lowest BCUT2D eigenvalue weighted by molar-refractivity contribution is 0.0998. The van der Waals surface area contributed by atoms with Gasteiger partial charge in [0.15, 0.2) is 4.80 Å². The van der Waals surface area contributed by atoms with Crippen molar-refractivity contribution in [2.45, 2.75) is 38.1 Å². The first kappa shape index (κ1) is 23.9. The van der Waals surface area contributed by atoms with Crippen LogP contribution in [0.25, 0.3) is 10.2 Å². The predicted octanol–water partition coefficient (Wildman–Crippen LogP) is 4.03. The Morgan fingerprint density at radius 1 is 1.22 bits per heavy atom. The minimum atomic E-state index is -3.63. The lowest BCUT2D eigenvalue weighted by atomic mass is 10.2. The number of hydrogen-bond donors (Lipinski definition) is 0. The van der Waals surface area contributed by atoms with Gasteiger partial charge in [0.2, 0.25) is 10.0 Å². The van der Waals surface area contributed by atoms with Gasteiger partial charge in [-0.3, -0.25) is 4.79 Å². The van der Waals surface area contributed by atoms with Gasteiger partial charge in [0.1, 0.15) is 5.82 Å². The van der Waals surface area contributed by atoms with E-state index in [-0.39, 0.29) is 22.8 Å². The number of sulfonamides is 1. The fourth-order valence-corrected chi connectivity index (χ4v) is 5.77. The second-order valence-corrected chi connectivity index (χ2v) is 10.0. The molecule has 0 unspecified atom stereocenters. The van der Waals surface area contributed by atoms with E-state index >= 15 is 0 Å². The van der Waals surface area contributed by atoms with Crippen LogP contribution in [0.4, 0.5) is 4.39 Å². The summed E-state index contributed by atoms with van der Waals surface area (Å²) in [5, 5.41) is 0. The monoisotopic (exact) mass is 473 g/mol. The maximum Gasteiger partial charge on any atom is 0.279 e. The molecule has 6 nitrogen and oxygen atoms in total. The van der Waals surface area contributed by atoms with Gasteiger partial charge in [-0.1, -0.05) is 37.5 Å². The summed E-state index contributed by atoms with van der Waals surface area (Å²) in [5.74, 6) is 1.59. The number of terminal acetylenes is 1. The summed E-state index contributed by atoms with van der Waals surface area (Å²) in [5.41, 5.74) is 0.936. The Labute approximate surface area is 191 Å². The number of benzene rings is 2. The van der Waals surface area contributed by atoms with Gasteiger partial charge in [-0.15, -0.1) is 6.42 Å². The Hall–Kier alpha value is -2.80. The van der Waals surface area contributed by atoms with E-state index in [2.05, 4.69) is 10.9 Å². The van der Waals surface area contributed by atoms with Crippen LogP contribution in [-0.2, 0) is 16.6 Å². The van der Waals surface area contributed by atoms with E-state index in [9.17, 15) is 17.6 Å². The maximum absolute atomic E-state index is 13.6. The minimum Gasteiger partial charge on any atom is -0.305 e. The van der Waals surface area contributed by atoms with Gasteiger partial charge in [-0.2, -0.15) is 9.30 Å². The predicted molar refractivity (Wildman–Crippen MR) is 124 cm³/mol. The van der Waals surface area contributed by atoms with E-state index < -0.39 is 15.9 Å². The van der Waals surface area contributed by atoms with Crippen molar-refractivity contribution in [1.82, 2.24) is 8.87 Å². The van der Waals surface area contributed by atoms with Crippen molar-refractivity contribution in [3.8, 4) is 12.3 Å². The summed E-state index contributed by atoms with van der Waals surface area (Å²) in [6, 6.07) is 10.0. The smallest absolute Gasteiger partial charge is 0.279 e. The standard InChI is InChI=1S/C23H24FN3O3S2/c1-4-7-15-26(6-3)32(29,30)19-11-8-17(9-12-19)22(28)25-23-27(14-5-2)20-13-10-18(24)16-21(20)31-23/h2,8-13,16H,4,6-7,14-15H2,1,3H3. The van der Waals surface area contributed by atoms with Crippen molar-refractivity contribution < 1.29 is 17.6 Å². The lowest BCUT2D eigenvalue weighted by Crippen LogP contribution is -2.31. The zero-order chi connectivity index (χ0) is 23.3. The van der Waals surface area contributed by atoms with Gasteiger partial charge < -0.3 is 4.57 Å². The number of amides is 1. The average Bonchev–Trinajstić information content (AvgIpc) is 3.10. The number of aromatic nitrogens is 1. The first-order valence-corrected chi connectivity index (χ1v) is 12.5. The molecule has 9 heteroatoms. The summed E-state index contributed by atoms with van der Waals surface area (Å²) < 4.78 is 43.0. The molecule has 0 N–H and O–H groups in total. The highest BCUT2D eigenvalue weighted by molar-refractivity contribution is 7.89. The van der Waals surface area contributed by atoms with Crippen LogP contribution in [0.3, 0.4) is 0 Å². The van der Waals surface area contributed by atoms with Gasteiger partial charge in [0.25, 0.3) is 5.91 Å². The summed E-state index contributed by atoms with van der Waals surface area (Å²) in [6.45, 7) is 4.81. The largest absolute Gasteiger partial charge is 0.305 e. The molecule has 1 amide bonds. The Morgan fingerprint density at radius 3 is 2.56 bits per heavy atom. The summed E-state index contributed by atoms with van der Waals surface area (Å²) in [4.78, 5) is 17.4. The number of rotatable bonds is 8. The highest BCUT2D eigenvalue weighted by Gasteiger charge is 2.22. The molecule has 0 fully saturated rings. The second kappa shape index (κ2) is 10.2. The molecule has 3 aromatic rings. The van der Waals surface area contributed by atoms with Crippen LogP contribution in [-0.4, -0.2) is 36.3 Å². The molecule has 0 saturated carbocycles.